The normalized spacial score (nSPS) is 10.6. The van der Waals surface area contributed by atoms with Gasteiger partial charge in [-0.05, 0) is 12.1 Å². The van der Waals surface area contributed by atoms with E-state index >= 15 is 0 Å². The summed E-state index contributed by atoms with van der Waals surface area (Å²) in [7, 11) is 3.46. The van der Waals surface area contributed by atoms with E-state index in [9.17, 15) is 4.79 Å². The van der Waals surface area contributed by atoms with Crippen molar-refractivity contribution in [2.75, 3.05) is 12.9 Å². The van der Waals surface area contributed by atoms with E-state index in [0.717, 1.165) is 11.4 Å². The molecule has 0 aliphatic carbocycles. The SMILES string of the molecule is COc1ccccc1C(=O)CSc1nnc(-c2ccccc2)n1C. The number of rotatable bonds is 6. The summed E-state index contributed by atoms with van der Waals surface area (Å²) < 4.78 is 7.14. The topological polar surface area (TPSA) is 57.0 Å². The minimum Gasteiger partial charge on any atom is -0.496 e. The Balaban J connectivity index is 1.74. The zero-order valence-electron chi connectivity index (χ0n) is 13.5. The van der Waals surface area contributed by atoms with E-state index in [1.54, 1.807) is 19.2 Å². The van der Waals surface area contributed by atoms with Gasteiger partial charge < -0.3 is 9.30 Å². The average molecular weight is 339 g/mol. The lowest BCUT2D eigenvalue weighted by atomic mass is 10.1. The molecule has 5 nitrogen and oxygen atoms in total. The van der Waals surface area contributed by atoms with Crippen molar-refractivity contribution in [1.29, 1.82) is 0 Å². The fourth-order valence-electron chi connectivity index (χ4n) is 2.36. The minimum atomic E-state index is 0.00158. The summed E-state index contributed by atoms with van der Waals surface area (Å²) in [5.41, 5.74) is 1.58. The summed E-state index contributed by atoms with van der Waals surface area (Å²) in [5, 5.41) is 9.12. The van der Waals surface area contributed by atoms with Gasteiger partial charge in [0, 0.05) is 12.6 Å². The number of hydrogen-bond acceptors (Lipinski definition) is 5. The van der Waals surface area contributed by atoms with Crippen molar-refractivity contribution in [3.05, 3.63) is 60.2 Å². The van der Waals surface area contributed by atoms with Gasteiger partial charge in [0.15, 0.2) is 16.8 Å². The van der Waals surface area contributed by atoms with Crippen LogP contribution < -0.4 is 4.74 Å². The second-order valence-corrected chi connectivity index (χ2v) is 6.09. The zero-order valence-corrected chi connectivity index (χ0v) is 14.3. The highest BCUT2D eigenvalue weighted by atomic mass is 32.2. The summed E-state index contributed by atoms with van der Waals surface area (Å²) in [6.07, 6.45) is 0. The molecular weight excluding hydrogens is 322 g/mol. The molecule has 0 atom stereocenters. The molecular formula is C18H17N3O2S. The van der Waals surface area contributed by atoms with Crippen LogP contribution in [0.4, 0.5) is 0 Å². The average Bonchev–Trinajstić information content (AvgIpc) is 3.01. The van der Waals surface area contributed by atoms with Crippen molar-refractivity contribution in [2.45, 2.75) is 5.16 Å². The Bertz CT molecular complexity index is 846. The summed E-state index contributed by atoms with van der Waals surface area (Å²) in [6, 6.07) is 17.1. The molecule has 2 aromatic carbocycles. The Labute approximate surface area is 144 Å². The van der Waals surface area contributed by atoms with Crippen LogP contribution in [-0.4, -0.2) is 33.4 Å². The van der Waals surface area contributed by atoms with Crippen LogP contribution in [0.2, 0.25) is 0 Å². The van der Waals surface area contributed by atoms with Crippen molar-refractivity contribution < 1.29 is 9.53 Å². The smallest absolute Gasteiger partial charge is 0.191 e. The predicted octanol–water partition coefficient (Wildman–Crippen LogP) is 3.47. The van der Waals surface area contributed by atoms with Crippen LogP contribution in [0.3, 0.4) is 0 Å². The number of Topliss-reactive ketones (excluding diaryl/α,β-unsaturated/α-hetero) is 1. The predicted molar refractivity (Wildman–Crippen MR) is 94.5 cm³/mol. The lowest BCUT2D eigenvalue weighted by Gasteiger charge is -2.07. The molecule has 0 saturated carbocycles. The molecule has 3 aromatic rings. The van der Waals surface area contributed by atoms with Gasteiger partial charge in [-0.15, -0.1) is 10.2 Å². The Morgan fingerprint density at radius 3 is 2.54 bits per heavy atom. The second-order valence-electron chi connectivity index (χ2n) is 5.14. The number of carbonyl (C=O) groups is 1. The molecule has 3 rings (SSSR count). The van der Waals surface area contributed by atoms with Gasteiger partial charge in [-0.1, -0.05) is 54.2 Å². The Hall–Kier alpha value is -2.60. The van der Waals surface area contributed by atoms with Gasteiger partial charge in [0.2, 0.25) is 0 Å². The van der Waals surface area contributed by atoms with E-state index in [1.807, 2.05) is 54.1 Å². The molecule has 0 bridgehead atoms. The van der Waals surface area contributed by atoms with Gasteiger partial charge in [-0.3, -0.25) is 4.79 Å². The summed E-state index contributed by atoms with van der Waals surface area (Å²) in [4.78, 5) is 12.4. The number of carbonyl (C=O) groups excluding carboxylic acids is 1. The van der Waals surface area contributed by atoms with Crippen molar-refractivity contribution in [3.63, 3.8) is 0 Å². The number of nitrogens with zero attached hydrogens (tertiary/aromatic N) is 3. The minimum absolute atomic E-state index is 0.00158. The van der Waals surface area contributed by atoms with E-state index in [4.69, 9.17) is 4.74 Å². The number of ether oxygens (including phenoxy) is 1. The van der Waals surface area contributed by atoms with Crippen LogP contribution >= 0.6 is 11.8 Å². The molecule has 24 heavy (non-hydrogen) atoms. The molecule has 1 heterocycles. The lowest BCUT2D eigenvalue weighted by Crippen LogP contribution is -2.06. The molecule has 0 fully saturated rings. The van der Waals surface area contributed by atoms with E-state index in [2.05, 4.69) is 10.2 Å². The molecule has 0 amide bonds. The third-order valence-electron chi connectivity index (χ3n) is 3.61. The fourth-order valence-corrected chi connectivity index (χ4v) is 3.16. The number of hydrogen-bond donors (Lipinski definition) is 0. The molecule has 0 aliphatic rings. The highest BCUT2D eigenvalue weighted by Crippen LogP contribution is 2.25. The van der Waals surface area contributed by atoms with Crippen LogP contribution in [0.25, 0.3) is 11.4 Å². The van der Waals surface area contributed by atoms with Crippen LogP contribution in [-0.2, 0) is 7.05 Å². The van der Waals surface area contributed by atoms with E-state index in [0.29, 0.717) is 16.5 Å². The first-order chi connectivity index (χ1) is 11.7. The molecule has 0 N–H and O–H groups in total. The highest BCUT2D eigenvalue weighted by Gasteiger charge is 2.15. The molecule has 0 aliphatic heterocycles. The summed E-state index contributed by atoms with van der Waals surface area (Å²) in [6.45, 7) is 0. The van der Waals surface area contributed by atoms with Gasteiger partial charge in [-0.25, -0.2) is 0 Å². The maximum absolute atomic E-state index is 12.4. The standard InChI is InChI=1S/C18H17N3O2S/c1-21-17(13-8-4-3-5-9-13)19-20-18(21)24-12-15(22)14-10-6-7-11-16(14)23-2/h3-11H,12H2,1-2H3. The molecule has 0 saturated heterocycles. The summed E-state index contributed by atoms with van der Waals surface area (Å²) >= 11 is 1.37. The van der Waals surface area contributed by atoms with Crippen molar-refractivity contribution in [1.82, 2.24) is 14.8 Å². The number of methoxy groups -OCH3 is 1. The van der Waals surface area contributed by atoms with E-state index in [-0.39, 0.29) is 11.5 Å². The number of benzene rings is 2. The first-order valence-corrected chi connectivity index (χ1v) is 8.43. The number of thioether (sulfide) groups is 1. The zero-order chi connectivity index (χ0) is 16.9. The van der Waals surface area contributed by atoms with Gasteiger partial charge in [0.25, 0.3) is 0 Å². The van der Waals surface area contributed by atoms with E-state index in [1.165, 1.54) is 11.8 Å². The number of aromatic nitrogens is 3. The van der Waals surface area contributed by atoms with Crippen LogP contribution in [0.1, 0.15) is 10.4 Å². The molecule has 1 aromatic heterocycles. The quantitative estimate of drug-likeness (QED) is 0.508. The Morgan fingerprint density at radius 1 is 1.08 bits per heavy atom. The molecule has 0 spiro atoms. The van der Waals surface area contributed by atoms with Crippen molar-refractivity contribution in [3.8, 4) is 17.1 Å². The summed E-state index contributed by atoms with van der Waals surface area (Å²) in [5.74, 6) is 1.65. The maximum atomic E-state index is 12.4. The Kier molecular flexibility index (Phi) is 4.96. The van der Waals surface area contributed by atoms with Gasteiger partial charge in [0.1, 0.15) is 5.75 Å². The van der Waals surface area contributed by atoms with Crippen molar-refractivity contribution >= 4 is 17.5 Å². The second kappa shape index (κ2) is 7.31. The number of para-hydroxylation sites is 1. The van der Waals surface area contributed by atoms with Gasteiger partial charge >= 0.3 is 0 Å². The first kappa shape index (κ1) is 16.3. The van der Waals surface area contributed by atoms with Gasteiger partial charge in [-0.2, -0.15) is 0 Å². The fraction of sp³-hybridized carbons (Fsp3) is 0.167. The maximum Gasteiger partial charge on any atom is 0.191 e. The van der Waals surface area contributed by atoms with Gasteiger partial charge in [0.05, 0.1) is 18.4 Å². The van der Waals surface area contributed by atoms with Crippen LogP contribution in [0.5, 0.6) is 5.75 Å². The number of ketones is 1. The molecule has 6 heteroatoms. The highest BCUT2D eigenvalue weighted by molar-refractivity contribution is 7.99. The van der Waals surface area contributed by atoms with Crippen LogP contribution in [0.15, 0.2) is 59.8 Å². The molecule has 122 valence electrons. The van der Waals surface area contributed by atoms with Crippen molar-refractivity contribution in [2.24, 2.45) is 7.05 Å². The van der Waals surface area contributed by atoms with Crippen LogP contribution in [0, 0.1) is 0 Å². The third kappa shape index (κ3) is 3.33. The molecule has 0 unspecified atom stereocenters. The third-order valence-corrected chi connectivity index (χ3v) is 4.63. The largest absolute Gasteiger partial charge is 0.496 e. The molecule has 0 radical (unpaired) electrons. The Morgan fingerprint density at radius 2 is 1.79 bits per heavy atom. The monoisotopic (exact) mass is 339 g/mol. The van der Waals surface area contributed by atoms with E-state index < -0.39 is 0 Å². The lowest BCUT2D eigenvalue weighted by molar-refractivity contribution is 0.101. The first-order valence-electron chi connectivity index (χ1n) is 7.44.